The fourth-order valence-corrected chi connectivity index (χ4v) is 7.87. The molecule has 0 saturated carbocycles. The van der Waals surface area contributed by atoms with Crippen LogP contribution in [-0.4, -0.2) is 49.9 Å². The first-order valence-corrected chi connectivity index (χ1v) is 26.6. The van der Waals surface area contributed by atoms with E-state index in [1.165, 1.54) is 148 Å². The molecule has 2 unspecified atom stereocenters. The van der Waals surface area contributed by atoms with Crippen molar-refractivity contribution in [1.29, 1.82) is 0 Å². The van der Waals surface area contributed by atoms with Gasteiger partial charge in [-0.05, 0) is 51.4 Å². The molecule has 60 heavy (non-hydrogen) atoms. The number of ether oxygens (including phenoxy) is 2. The third-order valence-corrected chi connectivity index (χ3v) is 11.7. The lowest BCUT2D eigenvalue weighted by Crippen LogP contribution is -2.28. The molecule has 0 aliphatic carbocycles. The molecule has 0 aromatic rings. The second-order valence-corrected chi connectivity index (χ2v) is 18.1. The van der Waals surface area contributed by atoms with E-state index < -0.39 is 13.9 Å². The van der Waals surface area contributed by atoms with Crippen LogP contribution in [0.25, 0.3) is 0 Å². The molecule has 3 N–H and O–H groups in total. The van der Waals surface area contributed by atoms with E-state index in [0.29, 0.717) is 13.0 Å². The van der Waals surface area contributed by atoms with Crippen molar-refractivity contribution in [3.05, 3.63) is 48.6 Å². The minimum absolute atomic E-state index is 0.0977. The van der Waals surface area contributed by atoms with Crippen LogP contribution in [-0.2, 0) is 27.9 Å². The summed E-state index contributed by atoms with van der Waals surface area (Å²) in [5.74, 6) is -0.331. The quantitative estimate of drug-likeness (QED) is 0.0269. The SMILES string of the molecule is CC/C=C\C/C=C\C/C=C\C/C=C\CCCCCCCCCOCC(COP(=O)(O)OCCN)OC(=O)CCCCCCCCCCCCCCCCCCCCCCC. The maximum Gasteiger partial charge on any atom is 0.472 e. The van der Waals surface area contributed by atoms with Gasteiger partial charge in [0.05, 0.1) is 19.8 Å². The summed E-state index contributed by atoms with van der Waals surface area (Å²) < 4.78 is 33.6. The number of hydrogen-bond acceptors (Lipinski definition) is 7. The number of carbonyl (C=O) groups is 1. The molecule has 0 aromatic carbocycles. The van der Waals surface area contributed by atoms with Gasteiger partial charge in [0.15, 0.2) is 0 Å². The first-order chi connectivity index (χ1) is 29.4. The number of hydrogen-bond donors (Lipinski definition) is 2. The van der Waals surface area contributed by atoms with Crippen LogP contribution < -0.4 is 5.73 Å². The summed E-state index contributed by atoms with van der Waals surface area (Å²) in [7, 11) is -4.28. The Morgan fingerprint density at radius 3 is 1.40 bits per heavy atom. The molecule has 2 atom stereocenters. The molecule has 352 valence electrons. The van der Waals surface area contributed by atoms with E-state index in [-0.39, 0.29) is 32.3 Å². The summed E-state index contributed by atoms with van der Waals surface area (Å²) in [6.45, 7) is 4.82. The van der Waals surface area contributed by atoms with E-state index in [2.05, 4.69) is 62.5 Å². The van der Waals surface area contributed by atoms with Crippen LogP contribution in [0.5, 0.6) is 0 Å². The van der Waals surface area contributed by atoms with Crippen LogP contribution >= 0.6 is 7.82 Å². The lowest BCUT2D eigenvalue weighted by Gasteiger charge is -2.20. The van der Waals surface area contributed by atoms with Crippen molar-refractivity contribution in [2.24, 2.45) is 5.73 Å². The van der Waals surface area contributed by atoms with Gasteiger partial charge in [0.25, 0.3) is 0 Å². The van der Waals surface area contributed by atoms with Crippen LogP contribution in [0.3, 0.4) is 0 Å². The molecule has 0 bridgehead atoms. The number of unbranched alkanes of at least 4 members (excludes halogenated alkanes) is 27. The van der Waals surface area contributed by atoms with Crippen LogP contribution in [0.4, 0.5) is 0 Å². The van der Waals surface area contributed by atoms with Gasteiger partial charge in [-0.25, -0.2) is 4.57 Å². The Balaban J connectivity index is 3.95. The summed E-state index contributed by atoms with van der Waals surface area (Å²) >= 11 is 0. The van der Waals surface area contributed by atoms with Crippen LogP contribution in [0.2, 0.25) is 0 Å². The van der Waals surface area contributed by atoms with Crippen molar-refractivity contribution in [1.82, 2.24) is 0 Å². The van der Waals surface area contributed by atoms with Gasteiger partial charge in [0.2, 0.25) is 0 Å². The first kappa shape index (κ1) is 58.5. The fourth-order valence-electron chi connectivity index (χ4n) is 7.11. The molecule has 0 heterocycles. The number of esters is 1. The highest BCUT2D eigenvalue weighted by molar-refractivity contribution is 7.47. The predicted octanol–water partition coefficient (Wildman–Crippen LogP) is 15.5. The van der Waals surface area contributed by atoms with Gasteiger partial charge in [0.1, 0.15) is 6.10 Å². The second kappa shape index (κ2) is 48.5. The minimum Gasteiger partial charge on any atom is -0.457 e. The summed E-state index contributed by atoms with van der Waals surface area (Å²) in [6, 6.07) is 0. The van der Waals surface area contributed by atoms with Gasteiger partial charge in [-0.15, -0.1) is 0 Å². The van der Waals surface area contributed by atoms with Crippen molar-refractivity contribution in [2.75, 3.05) is 33.0 Å². The van der Waals surface area contributed by atoms with Crippen molar-refractivity contribution < 1.29 is 32.8 Å². The van der Waals surface area contributed by atoms with E-state index in [0.717, 1.165) is 64.2 Å². The summed E-state index contributed by atoms with van der Waals surface area (Å²) in [4.78, 5) is 22.6. The Bertz CT molecular complexity index is 1060. The molecule has 0 aliphatic rings. The Labute approximate surface area is 371 Å². The van der Waals surface area contributed by atoms with Crippen molar-refractivity contribution >= 4 is 13.8 Å². The van der Waals surface area contributed by atoms with Gasteiger partial charge < -0.3 is 20.1 Å². The Morgan fingerprint density at radius 2 is 0.933 bits per heavy atom. The highest BCUT2D eigenvalue weighted by Gasteiger charge is 2.25. The number of carbonyl (C=O) groups excluding carboxylic acids is 1. The van der Waals surface area contributed by atoms with Gasteiger partial charge in [-0.3, -0.25) is 13.8 Å². The number of nitrogens with two attached hydrogens (primary N) is 1. The molecule has 0 radical (unpaired) electrons. The molecule has 0 spiro atoms. The second-order valence-electron chi connectivity index (χ2n) is 16.7. The molecule has 0 rings (SSSR count). The Hall–Kier alpha value is -1.54. The van der Waals surface area contributed by atoms with E-state index in [1.54, 1.807) is 0 Å². The standard InChI is InChI=1S/C51H96NO7P/c1-3-5-7-9-11-13-15-17-19-21-23-25-26-28-30-32-34-36-38-40-42-44-51(53)59-50(49-58-60(54,55)57-47-45-52)48-56-46-43-41-39-37-35-33-31-29-27-24-22-20-18-16-14-12-10-8-6-4-2/h6,8,12,14,18,20,24,27,50H,3-5,7,9-11,13,15-17,19,21-23,25-26,28-49,52H2,1-2H3,(H,54,55)/b8-6-,14-12-,20-18-,27-24-. The molecule has 9 heteroatoms. The lowest BCUT2D eigenvalue weighted by molar-refractivity contribution is -0.154. The summed E-state index contributed by atoms with van der Waals surface area (Å²) in [5, 5.41) is 0. The van der Waals surface area contributed by atoms with Crippen LogP contribution in [0.1, 0.15) is 232 Å². The highest BCUT2D eigenvalue weighted by Crippen LogP contribution is 2.43. The van der Waals surface area contributed by atoms with E-state index >= 15 is 0 Å². The van der Waals surface area contributed by atoms with Gasteiger partial charge in [0, 0.05) is 19.6 Å². The van der Waals surface area contributed by atoms with E-state index in [9.17, 15) is 14.3 Å². The summed E-state index contributed by atoms with van der Waals surface area (Å²) in [5.41, 5.74) is 5.39. The highest BCUT2D eigenvalue weighted by atomic mass is 31.2. The van der Waals surface area contributed by atoms with E-state index in [1.807, 2.05) is 0 Å². The largest absolute Gasteiger partial charge is 0.472 e. The smallest absolute Gasteiger partial charge is 0.457 e. The molecule has 0 aliphatic heterocycles. The number of rotatable bonds is 48. The van der Waals surface area contributed by atoms with Crippen molar-refractivity contribution in [2.45, 2.75) is 238 Å². The molecule has 0 aromatic heterocycles. The lowest BCUT2D eigenvalue weighted by atomic mass is 10.0. The molecule has 0 fully saturated rings. The van der Waals surface area contributed by atoms with Crippen molar-refractivity contribution in [3.8, 4) is 0 Å². The molecular weight excluding hydrogens is 770 g/mol. The third kappa shape index (κ3) is 47.5. The average Bonchev–Trinajstić information content (AvgIpc) is 3.24. The number of phosphoric acid groups is 1. The zero-order valence-electron chi connectivity index (χ0n) is 39.2. The monoisotopic (exact) mass is 866 g/mol. The van der Waals surface area contributed by atoms with Crippen LogP contribution in [0, 0.1) is 0 Å². The normalized spacial score (nSPS) is 13.7. The Morgan fingerprint density at radius 1 is 0.517 bits per heavy atom. The molecule has 0 amide bonds. The van der Waals surface area contributed by atoms with Gasteiger partial charge in [-0.1, -0.05) is 223 Å². The first-order valence-electron chi connectivity index (χ1n) is 25.1. The average molecular weight is 866 g/mol. The predicted molar refractivity (Wildman–Crippen MR) is 256 cm³/mol. The maximum atomic E-state index is 12.7. The fraction of sp³-hybridized carbons (Fsp3) is 0.824. The maximum absolute atomic E-state index is 12.7. The zero-order valence-corrected chi connectivity index (χ0v) is 40.1. The van der Waals surface area contributed by atoms with Crippen LogP contribution in [0.15, 0.2) is 48.6 Å². The van der Waals surface area contributed by atoms with Gasteiger partial charge in [-0.2, -0.15) is 0 Å². The topological polar surface area (TPSA) is 117 Å². The molecule has 0 saturated heterocycles. The minimum atomic E-state index is -4.28. The van der Waals surface area contributed by atoms with Gasteiger partial charge >= 0.3 is 13.8 Å². The third-order valence-electron chi connectivity index (χ3n) is 10.8. The molecule has 8 nitrogen and oxygen atoms in total. The number of allylic oxidation sites excluding steroid dienone is 8. The molecular formula is C51H96NO7P. The zero-order chi connectivity index (χ0) is 43.7. The van der Waals surface area contributed by atoms with Crippen molar-refractivity contribution in [3.63, 3.8) is 0 Å². The van der Waals surface area contributed by atoms with E-state index in [4.69, 9.17) is 24.3 Å². The number of phosphoric ester groups is 1. The Kier molecular flexibility index (Phi) is 47.2. The summed E-state index contributed by atoms with van der Waals surface area (Å²) in [6.07, 6.45) is 58.6.